The third-order valence-corrected chi connectivity index (χ3v) is 18.3. The summed E-state index contributed by atoms with van der Waals surface area (Å²) < 4.78 is 61.5. The largest absolute Gasteiger partial charge is 0.492 e. The van der Waals surface area contributed by atoms with E-state index in [4.69, 9.17) is 51.8 Å². The average molecular weight is 947 g/mol. The fourth-order valence-corrected chi connectivity index (χ4v) is 9.81. The molecule has 0 radical (unpaired) electrons. The third kappa shape index (κ3) is 14.1. The molecule has 0 aliphatic carbocycles. The van der Waals surface area contributed by atoms with Crippen molar-refractivity contribution in [2.24, 2.45) is 0 Å². The Kier molecular flexibility index (Phi) is 20.3. The van der Waals surface area contributed by atoms with Gasteiger partial charge in [0.25, 0.3) is 0 Å². The topological polar surface area (TPSA) is 122 Å². The predicted octanol–water partition coefficient (Wildman–Crippen LogP) is 11.5. The number of aliphatic hydroxyl groups excluding tert-OH is 1. The second kappa shape index (κ2) is 25.3. The van der Waals surface area contributed by atoms with Crippen molar-refractivity contribution < 1.29 is 56.9 Å². The van der Waals surface area contributed by atoms with Crippen LogP contribution in [-0.2, 0) is 34.2 Å². The molecule has 0 spiro atoms. The highest BCUT2D eigenvalue weighted by Crippen LogP contribution is 2.51. The molecule has 4 atom stereocenters. The normalized spacial score (nSPS) is 20.0. The van der Waals surface area contributed by atoms with E-state index in [-0.39, 0.29) is 55.6 Å². The highest BCUT2D eigenvalue weighted by atomic mass is 28.4. The first kappa shape index (κ1) is 53.6. The van der Waals surface area contributed by atoms with Crippen LogP contribution in [-0.4, -0.2) is 95.5 Å². The van der Waals surface area contributed by atoms with Crippen molar-refractivity contribution in [1.82, 2.24) is 0 Å². The summed E-state index contributed by atoms with van der Waals surface area (Å²) >= 11 is 0. The number of benzene rings is 4. The molecule has 2 aliphatic heterocycles. The molecule has 0 amide bonds. The van der Waals surface area contributed by atoms with Crippen LogP contribution < -0.4 is 28.4 Å². The van der Waals surface area contributed by atoms with Crippen LogP contribution in [0.4, 0.5) is 0 Å². The molecule has 67 heavy (non-hydrogen) atoms. The van der Waals surface area contributed by atoms with Crippen LogP contribution in [0.5, 0.6) is 34.5 Å². The number of aliphatic hydroxyl groups is 1. The molecule has 0 aromatic heterocycles. The van der Waals surface area contributed by atoms with E-state index in [9.17, 15) is 5.11 Å². The number of methoxy groups -OCH3 is 4. The second-order valence-corrected chi connectivity index (χ2v) is 24.3. The van der Waals surface area contributed by atoms with E-state index in [0.29, 0.717) is 19.1 Å². The summed E-state index contributed by atoms with van der Waals surface area (Å²) in [7, 11) is 4.72. The standard InChI is InChI=1S/C30H46O6Si.C24H32O6/c1-29(2,3)37(7,8)36-18-10-9-11-27-26-17-16-25(35-22-32-6)19-28(26)33-20-30(27,4)23-12-14-24(15-13-23)34-21-31-5;1-24(18-7-9-19(10-8-18)29-16-26-2)15-28-23-14-20(30-17-27-3)11-12-21(23)22(24)6-4-5-13-25/h12-17,19,27H,9-11,18,20-22H2,1-8H3;7-12,14,22,25H,4-6,13,15-17H2,1-3H3/t27-,30-;22-,24-/m11/s1. The van der Waals surface area contributed by atoms with E-state index in [2.05, 4.69) is 84.1 Å². The highest BCUT2D eigenvalue weighted by Gasteiger charge is 2.44. The van der Waals surface area contributed by atoms with Crippen LogP contribution in [0.1, 0.15) is 107 Å². The molecule has 0 saturated heterocycles. The number of hydrogen-bond donors (Lipinski definition) is 1. The minimum Gasteiger partial charge on any atom is -0.492 e. The van der Waals surface area contributed by atoms with Crippen LogP contribution in [0.15, 0.2) is 84.9 Å². The Balaban J connectivity index is 0.000000256. The Morgan fingerprint density at radius 2 is 0.925 bits per heavy atom. The summed E-state index contributed by atoms with van der Waals surface area (Å²) in [5, 5.41) is 9.51. The first-order chi connectivity index (χ1) is 32.1. The van der Waals surface area contributed by atoms with Crippen LogP contribution >= 0.6 is 0 Å². The Hall–Kier alpha value is -4.34. The molecule has 13 heteroatoms. The third-order valence-electron chi connectivity index (χ3n) is 13.8. The van der Waals surface area contributed by atoms with Crippen molar-refractivity contribution in [3.63, 3.8) is 0 Å². The van der Waals surface area contributed by atoms with Gasteiger partial charge in [0.2, 0.25) is 0 Å². The fourth-order valence-electron chi connectivity index (χ4n) is 8.72. The van der Waals surface area contributed by atoms with E-state index in [0.717, 1.165) is 79.6 Å². The molecule has 2 aliphatic rings. The van der Waals surface area contributed by atoms with E-state index in [1.165, 1.54) is 22.3 Å². The lowest BCUT2D eigenvalue weighted by Crippen LogP contribution is -2.41. The molecule has 0 fully saturated rings. The molecule has 6 rings (SSSR count). The minimum atomic E-state index is -1.73. The van der Waals surface area contributed by atoms with Crippen molar-refractivity contribution in [3.8, 4) is 34.5 Å². The smallest absolute Gasteiger partial charge is 0.191 e. The summed E-state index contributed by atoms with van der Waals surface area (Å²) in [6.07, 6.45) is 5.90. The van der Waals surface area contributed by atoms with Crippen molar-refractivity contribution in [1.29, 1.82) is 0 Å². The van der Waals surface area contributed by atoms with Crippen LogP contribution in [0.25, 0.3) is 0 Å². The number of hydrogen-bond acceptors (Lipinski definition) is 12. The maximum Gasteiger partial charge on any atom is 0.191 e. The summed E-state index contributed by atoms with van der Waals surface area (Å²) in [5.74, 6) is 5.37. The van der Waals surface area contributed by atoms with Gasteiger partial charge < -0.3 is 56.9 Å². The Morgan fingerprint density at radius 3 is 1.30 bits per heavy atom. The van der Waals surface area contributed by atoms with Gasteiger partial charge in [-0.1, -0.05) is 83.9 Å². The fraction of sp³-hybridized carbons (Fsp3) is 0.556. The minimum absolute atomic E-state index is 0.179. The molecular weight excluding hydrogens is 869 g/mol. The molecule has 4 aromatic rings. The highest BCUT2D eigenvalue weighted by molar-refractivity contribution is 6.74. The van der Waals surface area contributed by atoms with E-state index in [1.54, 1.807) is 28.4 Å². The number of fused-ring (bicyclic) bond motifs is 2. The van der Waals surface area contributed by atoms with Crippen molar-refractivity contribution in [2.75, 3.05) is 82.0 Å². The van der Waals surface area contributed by atoms with Crippen LogP contribution in [0.2, 0.25) is 18.1 Å². The van der Waals surface area contributed by atoms with Crippen molar-refractivity contribution >= 4 is 8.32 Å². The second-order valence-electron chi connectivity index (χ2n) is 19.5. The Labute approximate surface area is 401 Å². The summed E-state index contributed by atoms with van der Waals surface area (Å²) in [6.45, 7) is 19.1. The molecule has 370 valence electrons. The van der Waals surface area contributed by atoms with Crippen molar-refractivity contribution in [2.45, 2.75) is 114 Å². The van der Waals surface area contributed by atoms with Gasteiger partial charge >= 0.3 is 0 Å². The molecule has 12 nitrogen and oxygen atoms in total. The summed E-state index contributed by atoms with van der Waals surface area (Å²) in [5.41, 5.74) is 4.46. The molecular formula is C54H78O12Si. The molecule has 4 aromatic carbocycles. The van der Waals surface area contributed by atoms with Gasteiger partial charge in [0.1, 0.15) is 34.5 Å². The molecule has 0 bridgehead atoms. The summed E-state index contributed by atoms with van der Waals surface area (Å²) in [6, 6.07) is 28.7. The zero-order valence-corrected chi connectivity index (χ0v) is 43.1. The van der Waals surface area contributed by atoms with E-state index < -0.39 is 8.32 Å². The molecule has 2 heterocycles. The molecule has 0 unspecified atom stereocenters. The Bertz CT molecular complexity index is 2070. The number of unbranched alkanes of at least 4 members (excludes halogenated alkanes) is 2. The quantitative estimate of drug-likeness (QED) is 0.0409. The number of ether oxygens (including phenoxy) is 10. The van der Waals surface area contributed by atoms with Gasteiger partial charge in [0.05, 0.1) is 13.2 Å². The zero-order valence-electron chi connectivity index (χ0n) is 42.1. The first-order valence-electron chi connectivity index (χ1n) is 23.6. The average Bonchev–Trinajstić information content (AvgIpc) is 3.32. The molecule has 1 N–H and O–H groups in total. The van der Waals surface area contributed by atoms with Gasteiger partial charge in [0.15, 0.2) is 35.5 Å². The maximum absolute atomic E-state index is 9.28. The predicted molar refractivity (Wildman–Crippen MR) is 265 cm³/mol. The van der Waals surface area contributed by atoms with Crippen molar-refractivity contribution in [3.05, 3.63) is 107 Å². The monoisotopic (exact) mass is 947 g/mol. The first-order valence-corrected chi connectivity index (χ1v) is 26.5. The van der Waals surface area contributed by atoms with E-state index >= 15 is 0 Å². The van der Waals surface area contributed by atoms with Gasteiger partial charge in [-0.3, -0.25) is 0 Å². The summed E-state index contributed by atoms with van der Waals surface area (Å²) in [4.78, 5) is 0. The zero-order chi connectivity index (χ0) is 48.5. The van der Waals surface area contributed by atoms with Gasteiger partial charge in [0, 0.05) is 76.5 Å². The van der Waals surface area contributed by atoms with Crippen LogP contribution in [0.3, 0.4) is 0 Å². The number of rotatable bonds is 24. The lowest BCUT2D eigenvalue weighted by Gasteiger charge is -2.43. The van der Waals surface area contributed by atoms with Gasteiger partial charge in [-0.25, -0.2) is 0 Å². The SMILES string of the molecule is COCOc1ccc([C@@]2(C)COc3cc(OCOC)ccc3[C@H]2CCCCO)cc1.COCOc1ccc([C@@]2(C)COc3cc(OCOC)ccc3[C@H]2CCCCO[Si](C)(C)C(C)(C)C)cc1. The Morgan fingerprint density at radius 1 is 0.552 bits per heavy atom. The van der Waals surface area contributed by atoms with Gasteiger partial charge in [-0.05, 0) is 102 Å². The van der Waals surface area contributed by atoms with Gasteiger partial charge in [-0.15, -0.1) is 0 Å². The van der Waals surface area contributed by atoms with Gasteiger partial charge in [-0.2, -0.15) is 0 Å². The molecule has 0 saturated carbocycles. The maximum atomic E-state index is 9.28. The van der Waals surface area contributed by atoms with E-state index in [1.807, 2.05) is 48.5 Å². The lowest BCUT2D eigenvalue weighted by molar-refractivity contribution is 0.0504. The van der Waals surface area contributed by atoms with Crippen LogP contribution in [0, 0.1) is 0 Å². The lowest BCUT2D eigenvalue weighted by atomic mass is 9.66.